The summed E-state index contributed by atoms with van der Waals surface area (Å²) in [5.41, 5.74) is 0.246. The first-order chi connectivity index (χ1) is 16.5. The monoisotopic (exact) mass is 494 g/mol. The molecule has 0 bridgehead atoms. The molecule has 1 fully saturated rings. The molecule has 3 unspecified atom stereocenters. The van der Waals surface area contributed by atoms with Crippen LogP contribution in [0.3, 0.4) is 0 Å². The number of methoxy groups -OCH3 is 1. The molecule has 0 aliphatic carbocycles. The molecule has 1 aliphatic heterocycles. The van der Waals surface area contributed by atoms with Crippen molar-refractivity contribution < 1.29 is 38.2 Å². The second-order valence-corrected chi connectivity index (χ2v) is 8.58. The Morgan fingerprint density at radius 3 is 2.51 bits per heavy atom. The van der Waals surface area contributed by atoms with Gasteiger partial charge in [-0.3, -0.25) is 14.4 Å². The number of halogens is 1. The Kier molecular flexibility index (Phi) is 9.98. The van der Waals surface area contributed by atoms with Crippen LogP contribution in [0.15, 0.2) is 24.3 Å². The summed E-state index contributed by atoms with van der Waals surface area (Å²) in [4.78, 5) is 62.5. The average molecular weight is 495 g/mol. The highest BCUT2D eigenvalue weighted by Gasteiger charge is 2.38. The van der Waals surface area contributed by atoms with Crippen LogP contribution in [0.25, 0.3) is 0 Å². The topological polar surface area (TPSA) is 154 Å². The number of likely N-dealkylation sites (tertiary alicyclic amines) is 1. The molecular weight excluding hydrogens is 463 g/mol. The molecule has 1 heterocycles. The molecule has 0 saturated carbocycles. The second-order valence-electron chi connectivity index (χ2n) is 8.58. The molecule has 4 amide bonds. The maximum atomic E-state index is 13.4. The number of carbonyl (C=O) groups excluding carboxylic acids is 4. The Hall–Kier alpha value is -3.70. The second kappa shape index (κ2) is 12.7. The molecule has 11 nitrogen and oxygen atoms in total. The highest BCUT2D eigenvalue weighted by Crippen LogP contribution is 2.21. The first-order valence-corrected chi connectivity index (χ1v) is 11.2. The minimum Gasteiger partial charge on any atom is -0.481 e. The number of aliphatic carboxylic acids is 1. The number of anilines is 1. The number of piperidine rings is 1. The number of amides is 4. The van der Waals surface area contributed by atoms with E-state index < -0.39 is 60.1 Å². The molecule has 1 aliphatic rings. The van der Waals surface area contributed by atoms with Crippen molar-refractivity contribution in [2.45, 2.75) is 57.7 Å². The summed E-state index contributed by atoms with van der Waals surface area (Å²) in [6, 6.07) is 2.23. The first-order valence-electron chi connectivity index (χ1n) is 11.2. The summed E-state index contributed by atoms with van der Waals surface area (Å²) in [6.07, 6.45) is -0.336. The number of benzene rings is 1. The summed E-state index contributed by atoms with van der Waals surface area (Å²) in [6.45, 7) is 3.53. The number of urea groups is 1. The third-order valence-electron chi connectivity index (χ3n) is 5.62. The van der Waals surface area contributed by atoms with Crippen LogP contribution in [-0.2, 0) is 23.9 Å². The average Bonchev–Trinajstić information content (AvgIpc) is 2.79. The normalized spacial score (nSPS) is 18.4. The van der Waals surface area contributed by atoms with Gasteiger partial charge in [-0.05, 0) is 37.0 Å². The fraction of sp³-hybridized carbons (Fsp3) is 0.522. The van der Waals surface area contributed by atoms with E-state index in [1.165, 1.54) is 30.2 Å². The van der Waals surface area contributed by atoms with E-state index in [9.17, 15) is 28.4 Å². The van der Waals surface area contributed by atoms with Crippen LogP contribution in [0.2, 0.25) is 0 Å². The van der Waals surface area contributed by atoms with Gasteiger partial charge in [-0.1, -0.05) is 19.9 Å². The summed E-state index contributed by atoms with van der Waals surface area (Å²) >= 11 is 0. The molecule has 3 atom stereocenters. The SMILES string of the molecule is COC(=O)C(NC(=O)C1CC(NC(=O)Nc2cccc(F)c2)CCN1C(=O)CCC(=O)O)C(C)C. The summed E-state index contributed by atoms with van der Waals surface area (Å²) in [7, 11) is 1.20. The van der Waals surface area contributed by atoms with Crippen LogP contribution in [0.5, 0.6) is 0 Å². The molecule has 35 heavy (non-hydrogen) atoms. The molecule has 2 rings (SSSR count). The van der Waals surface area contributed by atoms with Crippen molar-refractivity contribution in [2.24, 2.45) is 5.92 Å². The number of ether oxygens (including phenoxy) is 1. The molecular formula is C23H31FN4O7. The van der Waals surface area contributed by atoms with Gasteiger partial charge in [0.15, 0.2) is 0 Å². The van der Waals surface area contributed by atoms with E-state index in [1.54, 1.807) is 13.8 Å². The van der Waals surface area contributed by atoms with Gasteiger partial charge in [-0.15, -0.1) is 0 Å². The van der Waals surface area contributed by atoms with Gasteiger partial charge in [0.25, 0.3) is 0 Å². The number of carboxylic acid groups (broad SMARTS) is 1. The Labute approximate surface area is 202 Å². The molecule has 192 valence electrons. The van der Waals surface area contributed by atoms with Gasteiger partial charge >= 0.3 is 18.0 Å². The standard InChI is InChI=1S/C23H31FN4O7/c1-13(2)20(22(33)35-3)27-21(32)17-12-16(9-10-28(17)18(29)7-8-19(30)31)26-23(34)25-15-6-4-5-14(24)11-15/h4-6,11,13,16-17,20H,7-10,12H2,1-3H3,(H,27,32)(H,30,31)(H2,25,26,34). The highest BCUT2D eigenvalue weighted by molar-refractivity contribution is 5.92. The maximum absolute atomic E-state index is 13.4. The van der Waals surface area contributed by atoms with Gasteiger partial charge < -0.3 is 30.7 Å². The van der Waals surface area contributed by atoms with Crippen molar-refractivity contribution in [3.05, 3.63) is 30.1 Å². The van der Waals surface area contributed by atoms with Gasteiger partial charge in [0.2, 0.25) is 11.8 Å². The largest absolute Gasteiger partial charge is 0.481 e. The number of nitrogens with zero attached hydrogens (tertiary/aromatic N) is 1. The number of hydrogen-bond acceptors (Lipinski definition) is 6. The zero-order chi connectivity index (χ0) is 26.1. The quantitative estimate of drug-likeness (QED) is 0.379. The van der Waals surface area contributed by atoms with Gasteiger partial charge in [0.05, 0.1) is 13.5 Å². The van der Waals surface area contributed by atoms with Crippen molar-refractivity contribution in [1.29, 1.82) is 0 Å². The van der Waals surface area contributed by atoms with Crippen molar-refractivity contribution in [3.8, 4) is 0 Å². The predicted octanol–water partition coefficient (Wildman–Crippen LogP) is 1.49. The lowest BCUT2D eigenvalue weighted by atomic mass is 9.94. The number of hydrogen-bond donors (Lipinski definition) is 4. The van der Waals surface area contributed by atoms with Gasteiger partial charge in [-0.2, -0.15) is 0 Å². The minimum absolute atomic E-state index is 0.0349. The van der Waals surface area contributed by atoms with Crippen LogP contribution < -0.4 is 16.0 Å². The third kappa shape index (κ3) is 8.23. The molecule has 0 aromatic heterocycles. The minimum atomic E-state index is -1.14. The number of esters is 1. The first kappa shape index (κ1) is 27.5. The van der Waals surface area contributed by atoms with Crippen molar-refractivity contribution >= 4 is 35.5 Å². The van der Waals surface area contributed by atoms with E-state index in [4.69, 9.17) is 9.84 Å². The summed E-state index contributed by atoms with van der Waals surface area (Å²) in [5.74, 6) is -3.73. The highest BCUT2D eigenvalue weighted by atomic mass is 19.1. The molecule has 1 saturated heterocycles. The Morgan fingerprint density at radius 2 is 1.91 bits per heavy atom. The smallest absolute Gasteiger partial charge is 0.328 e. The molecule has 1 aromatic rings. The fourth-order valence-electron chi connectivity index (χ4n) is 3.79. The lowest BCUT2D eigenvalue weighted by Crippen LogP contribution is -2.60. The Bertz CT molecular complexity index is 956. The lowest BCUT2D eigenvalue weighted by Gasteiger charge is -2.39. The van der Waals surface area contributed by atoms with Crippen LogP contribution >= 0.6 is 0 Å². The molecule has 0 spiro atoms. The van der Waals surface area contributed by atoms with Crippen molar-refractivity contribution in [1.82, 2.24) is 15.5 Å². The third-order valence-corrected chi connectivity index (χ3v) is 5.62. The van der Waals surface area contributed by atoms with Gasteiger partial charge in [-0.25, -0.2) is 14.0 Å². The summed E-state index contributed by atoms with van der Waals surface area (Å²) < 4.78 is 18.1. The van der Waals surface area contributed by atoms with Crippen molar-refractivity contribution in [2.75, 3.05) is 19.0 Å². The molecule has 4 N–H and O–H groups in total. The molecule has 1 aromatic carbocycles. The van der Waals surface area contributed by atoms with E-state index in [2.05, 4.69) is 16.0 Å². The number of carbonyl (C=O) groups is 5. The van der Waals surface area contributed by atoms with E-state index in [1.807, 2.05) is 0 Å². The fourth-order valence-corrected chi connectivity index (χ4v) is 3.79. The number of carboxylic acids is 1. The zero-order valence-electron chi connectivity index (χ0n) is 19.9. The van der Waals surface area contributed by atoms with E-state index in [0.717, 1.165) is 6.07 Å². The van der Waals surface area contributed by atoms with Crippen LogP contribution in [0.1, 0.15) is 39.5 Å². The molecule has 12 heteroatoms. The number of rotatable bonds is 9. The predicted molar refractivity (Wildman–Crippen MR) is 123 cm³/mol. The summed E-state index contributed by atoms with van der Waals surface area (Å²) in [5, 5.41) is 16.7. The van der Waals surface area contributed by atoms with E-state index in [-0.39, 0.29) is 31.0 Å². The maximum Gasteiger partial charge on any atom is 0.328 e. The van der Waals surface area contributed by atoms with Crippen LogP contribution in [0, 0.1) is 11.7 Å². The van der Waals surface area contributed by atoms with Crippen LogP contribution in [-0.4, -0.2) is 71.6 Å². The van der Waals surface area contributed by atoms with Crippen molar-refractivity contribution in [3.63, 3.8) is 0 Å². The zero-order valence-corrected chi connectivity index (χ0v) is 19.9. The number of nitrogens with one attached hydrogen (secondary N) is 3. The molecule has 0 radical (unpaired) electrons. The van der Waals surface area contributed by atoms with E-state index >= 15 is 0 Å². The lowest BCUT2D eigenvalue weighted by molar-refractivity contribution is -0.149. The Balaban J connectivity index is 2.14. The van der Waals surface area contributed by atoms with Gasteiger partial charge in [0, 0.05) is 24.7 Å². The van der Waals surface area contributed by atoms with Gasteiger partial charge in [0.1, 0.15) is 17.9 Å². The van der Waals surface area contributed by atoms with E-state index in [0.29, 0.717) is 6.42 Å². The Morgan fingerprint density at radius 1 is 1.20 bits per heavy atom. The van der Waals surface area contributed by atoms with Crippen LogP contribution in [0.4, 0.5) is 14.9 Å².